The lowest BCUT2D eigenvalue weighted by Crippen LogP contribution is -2.29. The Bertz CT molecular complexity index is 1200. The van der Waals surface area contributed by atoms with Gasteiger partial charge in [-0.1, -0.05) is 72.8 Å². The molecule has 166 valence electrons. The van der Waals surface area contributed by atoms with Crippen molar-refractivity contribution < 1.29 is 9.53 Å². The van der Waals surface area contributed by atoms with Crippen LogP contribution in [0.3, 0.4) is 0 Å². The summed E-state index contributed by atoms with van der Waals surface area (Å²) in [6, 6.07) is 32.2. The Balaban J connectivity index is 1.54. The van der Waals surface area contributed by atoms with Crippen molar-refractivity contribution in [2.75, 3.05) is 7.11 Å². The minimum atomic E-state index is -0.0168. The number of benzene rings is 3. The molecule has 4 aromatic rings. The molecule has 0 bridgehead atoms. The van der Waals surface area contributed by atoms with E-state index in [2.05, 4.69) is 35.0 Å². The molecule has 0 saturated carbocycles. The van der Waals surface area contributed by atoms with Gasteiger partial charge in [-0.05, 0) is 47.0 Å². The van der Waals surface area contributed by atoms with E-state index < -0.39 is 0 Å². The van der Waals surface area contributed by atoms with Gasteiger partial charge in [-0.15, -0.1) is 0 Å². The van der Waals surface area contributed by atoms with Crippen molar-refractivity contribution in [3.8, 4) is 5.75 Å². The van der Waals surface area contributed by atoms with Crippen molar-refractivity contribution in [3.63, 3.8) is 0 Å². The molecule has 0 radical (unpaired) electrons. The Morgan fingerprint density at radius 3 is 2.33 bits per heavy atom. The first-order valence-electron chi connectivity index (χ1n) is 11.0. The molecule has 1 aromatic heterocycles. The highest BCUT2D eigenvalue weighted by molar-refractivity contribution is 5.91. The summed E-state index contributed by atoms with van der Waals surface area (Å²) < 4.78 is 7.54. The maximum Gasteiger partial charge on any atom is 0.247 e. The summed E-state index contributed by atoms with van der Waals surface area (Å²) in [5.74, 6) is 0.824. The molecule has 0 aliphatic heterocycles. The molecule has 0 saturated heterocycles. The van der Waals surface area contributed by atoms with Gasteiger partial charge in [0.1, 0.15) is 5.75 Å². The van der Waals surface area contributed by atoms with Crippen LogP contribution in [0.25, 0.3) is 6.08 Å². The minimum absolute atomic E-state index is 0.0168. The monoisotopic (exact) mass is 436 g/mol. The average molecular weight is 437 g/mol. The van der Waals surface area contributed by atoms with E-state index in [0.29, 0.717) is 19.6 Å². The lowest BCUT2D eigenvalue weighted by Gasteiger charge is -2.23. The summed E-state index contributed by atoms with van der Waals surface area (Å²) in [5, 5.41) is 0. The van der Waals surface area contributed by atoms with E-state index in [-0.39, 0.29) is 5.91 Å². The van der Waals surface area contributed by atoms with Crippen LogP contribution in [-0.2, 0) is 24.4 Å². The maximum absolute atomic E-state index is 13.2. The fraction of sp³-hybridized carbons (Fsp3) is 0.138. The number of amides is 1. The van der Waals surface area contributed by atoms with Gasteiger partial charge < -0.3 is 14.2 Å². The molecule has 0 fully saturated rings. The van der Waals surface area contributed by atoms with Crippen LogP contribution < -0.4 is 4.74 Å². The van der Waals surface area contributed by atoms with E-state index in [0.717, 1.165) is 28.1 Å². The second-order valence-corrected chi connectivity index (χ2v) is 7.90. The molecule has 0 spiro atoms. The number of hydrogen-bond acceptors (Lipinski definition) is 2. The summed E-state index contributed by atoms with van der Waals surface area (Å²) in [7, 11) is 1.68. The number of carbonyl (C=O) groups excluding carboxylic acids is 1. The zero-order chi connectivity index (χ0) is 22.9. The van der Waals surface area contributed by atoms with Crippen LogP contribution in [-0.4, -0.2) is 22.5 Å². The Hall–Kier alpha value is -4.05. The summed E-state index contributed by atoms with van der Waals surface area (Å²) >= 11 is 0. The van der Waals surface area contributed by atoms with Crippen LogP contribution >= 0.6 is 0 Å². The highest BCUT2D eigenvalue weighted by Gasteiger charge is 2.15. The maximum atomic E-state index is 13.2. The van der Waals surface area contributed by atoms with Crippen LogP contribution in [0, 0.1) is 0 Å². The van der Waals surface area contributed by atoms with E-state index in [9.17, 15) is 4.79 Å². The molecule has 3 aromatic carbocycles. The lowest BCUT2D eigenvalue weighted by molar-refractivity contribution is -0.127. The minimum Gasteiger partial charge on any atom is -0.497 e. The van der Waals surface area contributed by atoms with E-state index in [4.69, 9.17) is 4.74 Å². The molecule has 0 N–H and O–H groups in total. The molecule has 4 rings (SSSR count). The number of nitrogens with zero attached hydrogens (tertiary/aromatic N) is 2. The van der Waals surface area contributed by atoms with Gasteiger partial charge in [0.05, 0.1) is 13.7 Å². The molecule has 0 atom stereocenters. The zero-order valence-electron chi connectivity index (χ0n) is 18.8. The second-order valence-electron chi connectivity index (χ2n) is 7.90. The largest absolute Gasteiger partial charge is 0.497 e. The van der Waals surface area contributed by atoms with Crippen LogP contribution in [0.4, 0.5) is 0 Å². The van der Waals surface area contributed by atoms with E-state index in [1.807, 2.05) is 83.8 Å². The standard InChI is InChI=1S/C29H28N2O2/c1-33-28-16-8-14-26(20-28)22-30-19-9-15-27(30)23-31(21-25-12-6-3-7-13-25)29(32)18-17-24-10-4-2-5-11-24/h2-20H,21-23H2,1H3/b18-17+. The number of ether oxygens (including phenoxy) is 1. The van der Waals surface area contributed by atoms with E-state index in [1.165, 1.54) is 0 Å². The van der Waals surface area contributed by atoms with Gasteiger partial charge in [0, 0.05) is 31.1 Å². The third-order valence-electron chi connectivity index (χ3n) is 5.51. The smallest absolute Gasteiger partial charge is 0.247 e. The average Bonchev–Trinajstić information content (AvgIpc) is 3.30. The van der Waals surface area contributed by atoms with Gasteiger partial charge >= 0.3 is 0 Å². The molecule has 1 amide bonds. The Morgan fingerprint density at radius 1 is 0.848 bits per heavy atom. The first kappa shape index (κ1) is 22.2. The lowest BCUT2D eigenvalue weighted by atomic mass is 10.2. The summed E-state index contributed by atoms with van der Waals surface area (Å²) in [4.78, 5) is 15.1. The Kier molecular flexibility index (Phi) is 7.39. The van der Waals surface area contributed by atoms with Gasteiger partial charge in [0.15, 0.2) is 0 Å². The molecule has 0 unspecified atom stereocenters. The molecule has 33 heavy (non-hydrogen) atoms. The van der Waals surface area contributed by atoms with Crippen molar-refractivity contribution in [3.05, 3.63) is 132 Å². The number of methoxy groups -OCH3 is 1. The molecule has 4 heteroatoms. The highest BCUT2D eigenvalue weighted by atomic mass is 16.5. The van der Waals surface area contributed by atoms with Crippen LogP contribution in [0.15, 0.2) is 109 Å². The number of hydrogen-bond donors (Lipinski definition) is 0. The highest BCUT2D eigenvalue weighted by Crippen LogP contribution is 2.17. The number of aromatic nitrogens is 1. The normalized spacial score (nSPS) is 10.9. The van der Waals surface area contributed by atoms with Crippen LogP contribution in [0.2, 0.25) is 0 Å². The molecule has 0 aliphatic carbocycles. The third kappa shape index (κ3) is 6.23. The first-order valence-corrected chi connectivity index (χ1v) is 11.0. The number of carbonyl (C=O) groups is 1. The molecular formula is C29H28N2O2. The van der Waals surface area contributed by atoms with Crippen molar-refractivity contribution in [1.29, 1.82) is 0 Å². The summed E-state index contributed by atoms with van der Waals surface area (Å²) in [5.41, 5.74) is 4.34. The summed E-state index contributed by atoms with van der Waals surface area (Å²) in [6.45, 7) is 1.78. The van der Waals surface area contributed by atoms with Crippen molar-refractivity contribution >= 4 is 12.0 Å². The first-order chi connectivity index (χ1) is 16.2. The zero-order valence-corrected chi connectivity index (χ0v) is 18.8. The Labute approximate surface area is 195 Å². The SMILES string of the molecule is COc1cccc(Cn2cccc2CN(Cc2ccccc2)C(=O)/C=C/c2ccccc2)c1. The van der Waals surface area contributed by atoms with Crippen molar-refractivity contribution in [2.24, 2.45) is 0 Å². The van der Waals surface area contributed by atoms with Gasteiger partial charge in [-0.3, -0.25) is 4.79 Å². The van der Waals surface area contributed by atoms with Crippen LogP contribution in [0.5, 0.6) is 5.75 Å². The van der Waals surface area contributed by atoms with Gasteiger partial charge in [-0.2, -0.15) is 0 Å². The van der Waals surface area contributed by atoms with Gasteiger partial charge in [0.25, 0.3) is 0 Å². The van der Waals surface area contributed by atoms with Crippen molar-refractivity contribution in [1.82, 2.24) is 9.47 Å². The molecule has 1 heterocycles. The third-order valence-corrected chi connectivity index (χ3v) is 5.51. The van der Waals surface area contributed by atoms with Crippen molar-refractivity contribution in [2.45, 2.75) is 19.6 Å². The fourth-order valence-corrected chi connectivity index (χ4v) is 3.76. The topological polar surface area (TPSA) is 34.5 Å². The van der Waals surface area contributed by atoms with Gasteiger partial charge in [-0.25, -0.2) is 0 Å². The number of rotatable bonds is 9. The quantitative estimate of drug-likeness (QED) is 0.311. The molecular weight excluding hydrogens is 408 g/mol. The predicted molar refractivity (Wildman–Crippen MR) is 133 cm³/mol. The fourth-order valence-electron chi connectivity index (χ4n) is 3.76. The van der Waals surface area contributed by atoms with Crippen LogP contribution in [0.1, 0.15) is 22.4 Å². The second kappa shape index (κ2) is 11.0. The molecule has 4 nitrogen and oxygen atoms in total. The van der Waals surface area contributed by atoms with E-state index >= 15 is 0 Å². The van der Waals surface area contributed by atoms with E-state index in [1.54, 1.807) is 13.2 Å². The van der Waals surface area contributed by atoms with Gasteiger partial charge in [0.2, 0.25) is 5.91 Å². The summed E-state index contributed by atoms with van der Waals surface area (Å²) in [6.07, 6.45) is 5.59. The Morgan fingerprint density at radius 2 is 1.58 bits per heavy atom. The molecule has 0 aliphatic rings. The predicted octanol–water partition coefficient (Wildman–Crippen LogP) is 5.79.